The molecule has 0 bridgehead atoms. The summed E-state index contributed by atoms with van der Waals surface area (Å²) in [5.41, 5.74) is 14.2. The Morgan fingerprint density at radius 2 is 0.939 bits per heavy atom. The zero-order chi connectivity index (χ0) is 43.3. The fraction of sp³-hybridized carbons (Fsp3) is 0.0159. The Morgan fingerprint density at radius 3 is 1.62 bits per heavy atom. The SMILES string of the molecule is c1ccc(N(c2ccc3c(c2)C(c2ccccc2)(c2ccccc2)c2ccccc2-3)c2cccc3c2sc2ccc(-n4c5c6ccccc6ccc5c5ccc6ccccc6c54)cc23)cc1. The first-order chi connectivity index (χ1) is 32.8. The second kappa shape index (κ2) is 14.4. The zero-order valence-corrected chi connectivity index (χ0v) is 36.7. The Balaban J connectivity index is 1.01. The van der Waals surface area contributed by atoms with Gasteiger partial charge in [0.25, 0.3) is 0 Å². The van der Waals surface area contributed by atoms with Crippen LogP contribution < -0.4 is 4.90 Å². The number of benzene rings is 11. The fourth-order valence-corrected chi connectivity index (χ4v) is 12.6. The van der Waals surface area contributed by atoms with Gasteiger partial charge in [-0.05, 0) is 92.7 Å². The molecule has 14 rings (SSSR count). The van der Waals surface area contributed by atoms with Crippen LogP contribution in [-0.2, 0) is 5.41 Å². The van der Waals surface area contributed by atoms with Crippen molar-refractivity contribution < 1.29 is 0 Å². The van der Waals surface area contributed by atoms with Crippen molar-refractivity contribution >= 4 is 91.9 Å². The maximum Gasteiger partial charge on any atom is 0.0714 e. The zero-order valence-electron chi connectivity index (χ0n) is 35.9. The summed E-state index contributed by atoms with van der Waals surface area (Å²) in [6, 6.07) is 90.0. The summed E-state index contributed by atoms with van der Waals surface area (Å²) in [5, 5.41) is 10.0. The topological polar surface area (TPSA) is 8.17 Å². The number of rotatable bonds is 6. The molecule has 11 aromatic carbocycles. The van der Waals surface area contributed by atoms with Gasteiger partial charge < -0.3 is 9.47 Å². The quantitative estimate of drug-likeness (QED) is 0.162. The molecule has 0 amide bonds. The van der Waals surface area contributed by atoms with Gasteiger partial charge in [-0.1, -0.05) is 194 Å². The second-order valence-electron chi connectivity index (χ2n) is 17.6. The molecule has 308 valence electrons. The molecular formula is C63H40N2S. The molecule has 1 aliphatic rings. The third kappa shape index (κ3) is 5.23. The summed E-state index contributed by atoms with van der Waals surface area (Å²) >= 11 is 1.88. The molecule has 0 spiro atoms. The van der Waals surface area contributed by atoms with Gasteiger partial charge in [-0.15, -0.1) is 11.3 Å². The van der Waals surface area contributed by atoms with Crippen LogP contribution in [0.25, 0.3) is 80.3 Å². The van der Waals surface area contributed by atoms with Gasteiger partial charge in [-0.2, -0.15) is 0 Å². The van der Waals surface area contributed by atoms with Gasteiger partial charge in [0.05, 0.1) is 26.8 Å². The Hall–Kier alpha value is -8.24. The van der Waals surface area contributed by atoms with E-state index in [0.717, 1.165) is 22.7 Å². The molecule has 0 unspecified atom stereocenters. The molecule has 0 aliphatic heterocycles. The number of nitrogens with zero attached hydrogens (tertiary/aromatic N) is 2. The first kappa shape index (κ1) is 37.2. The molecule has 0 radical (unpaired) electrons. The maximum atomic E-state index is 2.53. The third-order valence-corrected chi connectivity index (χ3v) is 15.4. The molecule has 0 saturated heterocycles. The number of anilines is 3. The smallest absolute Gasteiger partial charge is 0.0714 e. The van der Waals surface area contributed by atoms with Gasteiger partial charge >= 0.3 is 0 Å². The fourth-order valence-electron chi connectivity index (χ4n) is 11.5. The monoisotopic (exact) mass is 856 g/mol. The van der Waals surface area contributed by atoms with E-state index in [1.807, 2.05) is 11.3 Å². The maximum absolute atomic E-state index is 2.53. The Kier molecular flexibility index (Phi) is 8.10. The minimum Gasteiger partial charge on any atom is -0.309 e. The highest BCUT2D eigenvalue weighted by Gasteiger charge is 2.46. The largest absolute Gasteiger partial charge is 0.309 e. The van der Waals surface area contributed by atoms with E-state index >= 15 is 0 Å². The normalized spacial score (nSPS) is 13.0. The molecule has 2 heterocycles. The van der Waals surface area contributed by atoms with Crippen molar-refractivity contribution in [2.45, 2.75) is 5.41 Å². The van der Waals surface area contributed by atoms with Crippen LogP contribution in [0.1, 0.15) is 22.3 Å². The Bertz CT molecular complexity index is 3920. The summed E-state index contributed by atoms with van der Waals surface area (Å²) in [7, 11) is 0. The Morgan fingerprint density at radius 1 is 0.364 bits per heavy atom. The summed E-state index contributed by atoms with van der Waals surface area (Å²) in [5.74, 6) is 0. The lowest BCUT2D eigenvalue weighted by atomic mass is 9.67. The molecule has 66 heavy (non-hydrogen) atoms. The number of aromatic nitrogens is 1. The van der Waals surface area contributed by atoms with Crippen LogP contribution in [0.4, 0.5) is 17.1 Å². The molecule has 0 N–H and O–H groups in total. The van der Waals surface area contributed by atoms with Gasteiger partial charge in [-0.3, -0.25) is 0 Å². The number of hydrogen-bond donors (Lipinski definition) is 0. The van der Waals surface area contributed by atoms with Crippen molar-refractivity contribution in [3.05, 3.63) is 265 Å². The summed E-state index contributed by atoms with van der Waals surface area (Å²) in [6.07, 6.45) is 0. The first-order valence-electron chi connectivity index (χ1n) is 22.8. The Labute approximate surface area is 386 Å². The van der Waals surface area contributed by atoms with Crippen LogP contribution in [0.15, 0.2) is 243 Å². The van der Waals surface area contributed by atoms with Crippen LogP contribution in [0.2, 0.25) is 0 Å². The van der Waals surface area contributed by atoms with E-state index in [0.29, 0.717) is 0 Å². The molecular weight excluding hydrogens is 817 g/mol. The van der Waals surface area contributed by atoms with Crippen molar-refractivity contribution in [3.63, 3.8) is 0 Å². The molecule has 0 atom stereocenters. The van der Waals surface area contributed by atoms with Gasteiger partial charge in [0.2, 0.25) is 0 Å². The first-order valence-corrected chi connectivity index (χ1v) is 23.6. The van der Waals surface area contributed by atoms with E-state index in [9.17, 15) is 0 Å². The van der Waals surface area contributed by atoms with Crippen LogP contribution in [-0.4, -0.2) is 4.57 Å². The van der Waals surface area contributed by atoms with Crippen molar-refractivity contribution in [1.29, 1.82) is 0 Å². The average molecular weight is 857 g/mol. The van der Waals surface area contributed by atoms with Crippen LogP contribution in [0.5, 0.6) is 0 Å². The summed E-state index contributed by atoms with van der Waals surface area (Å²) < 4.78 is 5.06. The number of fused-ring (bicyclic) bond motifs is 13. The number of thiophene rings is 1. The number of para-hydroxylation sites is 1. The summed E-state index contributed by atoms with van der Waals surface area (Å²) in [6.45, 7) is 0. The molecule has 0 fully saturated rings. The van der Waals surface area contributed by atoms with E-state index in [1.54, 1.807) is 0 Å². The third-order valence-electron chi connectivity index (χ3n) is 14.2. The van der Waals surface area contributed by atoms with Crippen LogP contribution in [0.3, 0.4) is 0 Å². The van der Waals surface area contributed by atoms with E-state index in [2.05, 4.69) is 252 Å². The molecule has 2 aromatic heterocycles. The van der Waals surface area contributed by atoms with Crippen molar-refractivity contribution in [2.75, 3.05) is 4.90 Å². The van der Waals surface area contributed by atoms with E-state index in [4.69, 9.17) is 0 Å². The minimum absolute atomic E-state index is 0.504. The lowest BCUT2D eigenvalue weighted by Crippen LogP contribution is -2.28. The molecule has 3 heteroatoms. The van der Waals surface area contributed by atoms with Gasteiger partial charge in [0, 0.05) is 54.1 Å². The lowest BCUT2D eigenvalue weighted by molar-refractivity contribution is 0.768. The average Bonchev–Trinajstić information content (AvgIpc) is 4.04. The highest BCUT2D eigenvalue weighted by atomic mass is 32.1. The minimum atomic E-state index is -0.504. The summed E-state index contributed by atoms with van der Waals surface area (Å²) in [4.78, 5) is 2.48. The predicted octanol–water partition coefficient (Wildman–Crippen LogP) is 17.3. The molecule has 1 aliphatic carbocycles. The van der Waals surface area contributed by atoms with Gasteiger partial charge in [0.15, 0.2) is 0 Å². The predicted molar refractivity (Wildman–Crippen MR) is 281 cm³/mol. The van der Waals surface area contributed by atoms with Crippen molar-refractivity contribution in [3.8, 4) is 16.8 Å². The lowest BCUT2D eigenvalue weighted by Gasteiger charge is -2.35. The molecule has 2 nitrogen and oxygen atoms in total. The highest BCUT2D eigenvalue weighted by Crippen LogP contribution is 2.57. The van der Waals surface area contributed by atoms with Crippen LogP contribution >= 0.6 is 11.3 Å². The van der Waals surface area contributed by atoms with Crippen LogP contribution in [0, 0.1) is 0 Å². The molecule has 13 aromatic rings. The molecule has 0 saturated carbocycles. The van der Waals surface area contributed by atoms with Gasteiger partial charge in [0.1, 0.15) is 0 Å². The van der Waals surface area contributed by atoms with E-state index in [-0.39, 0.29) is 0 Å². The highest BCUT2D eigenvalue weighted by molar-refractivity contribution is 7.26. The van der Waals surface area contributed by atoms with Gasteiger partial charge in [-0.25, -0.2) is 0 Å². The standard InChI is InChI=1S/C63H40N2S/c1-4-19-43(20-5-1)63(44-21-6-2-7-22-44)56-29-15-14-27-50(56)51-37-33-47(40-57(51)63)64(45-23-8-3-9-24-45)58-30-16-28-54-55-39-46(34-38-59(55)66-62(54)58)65-60-48-25-12-10-17-41(48)31-35-52(60)53-36-32-42-18-11-13-26-49(42)61(53)65/h1-40H. The van der Waals surface area contributed by atoms with Crippen molar-refractivity contribution in [1.82, 2.24) is 4.57 Å². The van der Waals surface area contributed by atoms with E-state index < -0.39 is 5.41 Å². The second-order valence-corrected chi connectivity index (χ2v) is 18.6. The number of hydrogen-bond acceptors (Lipinski definition) is 2. The van der Waals surface area contributed by atoms with Crippen molar-refractivity contribution in [2.24, 2.45) is 0 Å². The van der Waals surface area contributed by atoms with E-state index in [1.165, 1.54) is 96.9 Å².